The van der Waals surface area contributed by atoms with Gasteiger partial charge in [-0.05, 0) is 12.8 Å². The summed E-state index contributed by atoms with van der Waals surface area (Å²) in [7, 11) is 0. The number of rotatable bonds is 3. The van der Waals surface area contributed by atoms with Crippen LogP contribution in [0.2, 0.25) is 0 Å². The van der Waals surface area contributed by atoms with E-state index in [9.17, 15) is 4.79 Å². The third-order valence-electron chi connectivity index (χ3n) is 2.94. The Morgan fingerprint density at radius 2 is 2.06 bits per heavy atom. The topological polar surface area (TPSA) is 71.0 Å². The molecule has 1 aromatic rings. The van der Waals surface area contributed by atoms with Gasteiger partial charge in [0.05, 0.1) is 0 Å². The van der Waals surface area contributed by atoms with E-state index in [1.165, 1.54) is 12.7 Å². The lowest BCUT2D eigenvalue weighted by Gasteiger charge is -2.32. The lowest BCUT2D eigenvalue weighted by molar-refractivity contribution is -0.121. The number of anilines is 1. The molecule has 1 fully saturated rings. The minimum absolute atomic E-state index is 0.128. The van der Waals surface area contributed by atoms with E-state index in [2.05, 4.69) is 25.2 Å². The first kappa shape index (κ1) is 11.8. The Morgan fingerprint density at radius 1 is 1.41 bits per heavy atom. The van der Waals surface area contributed by atoms with Crippen molar-refractivity contribution in [3.8, 4) is 0 Å². The van der Waals surface area contributed by atoms with Crippen LogP contribution in [0.15, 0.2) is 12.7 Å². The van der Waals surface area contributed by atoms with Gasteiger partial charge >= 0.3 is 0 Å². The Labute approximate surface area is 100 Å². The van der Waals surface area contributed by atoms with Crippen LogP contribution in [0.4, 0.5) is 5.95 Å². The van der Waals surface area contributed by atoms with E-state index in [4.69, 9.17) is 0 Å². The van der Waals surface area contributed by atoms with Gasteiger partial charge in [-0.1, -0.05) is 6.92 Å². The van der Waals surface area contributed by atoms with Gasteiger partial charge < -0.3 is 10.2 Å². The molecule has 0 aromatic carbocycles. The Kier molecular flexibility index (Phi) is 3.85. The van der Waals surface area contributed by atoms with E-state index < -0.39 is 0 Å². The molecule has 2 rings (SSSR count). The molecule has 1 aromatic heterocycles. The van der Waals surface area contributed by atoms with Crippen molar-refractivity contribution in [2.75, 3.05) is 18.0 Å². The van der Waals surface area contributed by atoms with E-state index in [0.717, 1.165) is 31.9 Å². The van der Waals surface area contributed by atoms with Gasteiger partial charge in [0.25, 0.3) is 0 Å². The summed E-state index contributed by atoms with van der Waals surface area (Å²) in [5.41, 5.74) is 0. The van der Waals surface area contributed by atoms with E-state index in [1.54, 1.807) is 0 Å². The fourth-order valence-corrected chi connectivity index (χ4v) is 1.95. The maximum atomic E-state index is 11.3. The monoisotopic (exact) mass is 235 g/mol. The number of nitrogens with zero attached hydrogens (tertiary/aromatic N) is 4. The largest absolute Gasteiger partial charge is 0.353 e. The highest BCUT2D eigenvalue weighted by Crippen LogP contribution is 2.14. The molecule has 2 heterocycles. The Bertz CT molecular complexity index is 361. The summed E-state index contributed by atoms with van der Waals surface area (Å²) in [5, 5.41) is 3.02. The molecule has 6 heteroatoms. The van der Waals surface area contributed by atoms with Gasteiger partial charge in [0.2, 0.25) is 11.9 Å². The lowest BCUT2D eigenvalue weighted by Crippen LogP contribution is -2.45. The molecule has 1 N–H and O–H groups in total. The Balaban J connectivity index is 1.84. The van der Waals surface area contributed by atoms with Crippen LogP contribution in [0.1, 0.15) is 26.2 Å². The summed E-state index contributed by atoms with van der Waals surface area (Å²) in [6.45, 7) is 3.62. The fourth-order valence-electron chi connectivity index (χ4n) is 1.95. The van der Waals surface area contributed by atoms with Gasteiger partial charge in [-0.3, -0.25) is 4.79 Å². The number of piperidine rings is 1. The number of hydrogen-bond donors (Lipinski definition) is 1. The van der Waals surface area contributed by atoms with Crippen molar-refractivity contribution in [2.24, 2.45) is 0 Å². The zero-order chi connectivity index (χ0) is 12.1. The summed E-state index contributed by atoms with van der Waals surface area (Å²) in [5.74, 6) is 0.851. The minimum Gasteiger partial charge on any atom is -0.353 e. The van der Waals surface area contributed by atoms with Crippen LogP contribution in [0.25, 0.3) is 0 Å². The summed E-state index contributed by atoms with van der Waals surface area (Å²) in [6.07, 6.45) is 5.45. The van der Waals surface area contributed by atoms with Gasteiger partial charge in [0.1, 0.15) is 12.7 Å². The van der Waals surface area contributed by atoms with Crippen LogP contribution < -0.4 is 10.2 Å². The second-order valence-corrected chi connectivity index (χ2v) is 4.12. The van der Waals surface area contributed by atoms with Crippen LogP contribution in [-0.2, 0) is 4.79 Å². The molecule has 1 amide bonds. The summed E-state index contributed by atoms with van der Waals surface area (Å²) >= 11 is 0. The third kappa shape index (κ3) is 3.12. The first-order valence-electron chi connectivity index (χ1n) is 5.96. The normalized spacial score (nSPS) is 16.9. The Hall–Kier alpha value is -1.72. The molecule has 0 bridgehead atoms. The van der Waals surface area contributed by atoms with E-state index >= 15 is 0 Å². The SMILES string of the molecule is CCC(=O)NC1CCN(c2ncncn2)CC1. The van der Waals surface area contributed by atoms with Crippen molar-refractivity contribution in [2.45, 2.75) is 32.2 Å². The van der Waals surface area contributed by atoms with E-state index in [0.29, 0.717) is 12.5 Å². The smallest absolute Gasteiger partial charge is 0.228 e. The highest BCUT2D eigenvalue weighted by atomic mass is 16.1. The van der Waals surface area contributed by atoms with Crippen molar-refractivity contribution in [3.63, 3.8) is 0 Å². The molecule has 1 saturated heterocycles. The maximum absolute atomic E-state index is 11.3. The van der Waals surface area contributed by atoms with Gasteiger partial charge in [0, 0.05) is 25.6 Å². The first-order chi connectivity index (χ1) is 8.29. The highest BCUT2D eigenvalue weighted by Gasteiger charge is 2.21. The molecule has 1 aliphatic rings. The van der Waals surface area contributed by atoms with Gasteiger partial charge in [-0.2, -0.15) is 0 Å². The molecular formula is C11H17N5O. The molecule has 0 aliphatic carbocycles. The van der Waals surface area contributed by atoms with Crippen LogP contribution >= 0.6 is 0 Å². The first-order valence-corrected chi connectivity index (χ1v) is 5.96. The number of carbonyl (C=O) groups is 1. The van der Waals surface area contributed by atoms with Crippen molar-refractivity contribution in [1.29, 1.82) is 0 Å². The zero-order valence-corrected chi connectivity index (χ0v) is 9.96. The lowest BCUT2D eigenvalue weighted by atomic mass is 10.1. The number of amides is 1. The molecule has 17 heavy (non-hydrogen) atoms. The molecule has 0 saturated carbocycles. The van der Waals surface area contributed by atoms with Gasteiger partial charge in [-0.25, -0.2) is 15.0 Å². The summed E-state index contributed by atoms with van der Waals surface area (Å²) in [4.78, 5) is 25.4. The van der Waals surface area contributed by atoms with Crippen LogP contribution in [0, 0.1) is 0 Å². The summed E-state index contributed by atoms with van der Waals surface area (Å²) < 4.78 is 0. The van der Waals surface area contributed by atoms with Crippen molar-refractivity contribution in [3.05, 3.63) is 12.7 Å². The van der Waals surface area contributed by atoms with Crippen molar-refractivity contribution < 1.29 is 4.79 Å². The summed E-state index contributed by atoms with van der Waals surface area (Å²) in [6, 6.07) is 0.292. The quantitative estimate of drug-likeness (QED) is 0.819. The van der Waals surface area contributed by atoms with Crippen molar-refractivity contribution >= 4 is 11.9 Å². The van der Waals surface area contributed by atoms with E-state index in [1.807, 2.05) is 6.92 Å². The predicted molar refractivity (Wildman–Crippen MR) is 63.5 cm³/mol. The molecule has 0 atom stereocenters. The molecule has 0 radical (unpaired) electrons. The zero-order valence-electron chi connectivity index (χ0n) is 9.96. The second kappa shape index (κ2) is 5.56. The number of hydrogen-bond acceptors (Lipinski definition) is 5. The van der Waals surface area contributed by atoms with Crippen LogP contribution in [0.3, 0.4) is 0 Å². The molecule has 0 spiro atoms. The Morgan fingerprint density at radius 3 is 2.65 bits per heavy atom. The van der Waals surface area contributed by atoms with Gasteiger partial charge in [-0.15, -0.1) is 0 Å². The van der Waals surface area contributed by atoms with Gasteiger partial charge in [0.15, 0.2) is 0 Å². The average molecular weight is 235 g/mol. The standard InChI is InChI=1S/C11H17N5O/c1-2-10(17)15-9-3-5-16(6-4-9)11-13-7-12-8-14-11/h7-9H,2-6H2,1H3,(H,15,17). The van der Waals surface area contributed by atoms with Crippen molar-refractivity contribution in [1.82, 2.24) is 20.3 Å². The molecular weight excluding hydrogens is 218 g/mol. The van der Waals surface area contributed by atoms with Crippen LogP contribution in [-0.4, -0.2) is 40.0 Å². The number of nitrogens with one attached hydrogen (secondary N) is 1. The fraction of sp³-hybridized carbons (Fsp3) is 0.636. The second-order valence-electron chi connectivity index (χ2n) is 4.12. The van der Waals surface area contributed by atoms with Crippen LogP contribution in [0.5, 0.6) is 0 Å². The molecule has 0 unspecified atom stereocenters. The maximum Gasteiger partial charge on any atom is 0.228 e. The molecule has 1 aliphatic heterocycles. The number of aromatic nitrogens is 3. The molecule has 92 valence electrons. The number of carbonyl (C=O) groups excluding carboxylic acids is 1. The highest BCUT2D eigenvalue weighted by molar-refractivity contribution is 5.75. The third-order valence-corrected chi connectivity index (χ3v) is 2.94. The minimum atomic E-state index is 0.128. The molecule has 6 nitrogen and oxygen atoms in total. The van der Waals surface area contributed by atoms with E-state index in [-0.39, 0.29) is 5.91 Å². The predicted octanol–water partition coefficient (Wildman–Crippen LogP) is 0.367. The average Bonchev–Trinajstić information content (AvgIpc) is 2.40.